The molecule has 2 heterocycles. The molecule has 1 unspecified atom stereocenters. The largest absolute Gasteiger partial charge is 0.492 e. The lowest BCUT2D eigenvalue weighted by Gasteiger charge is -2.32. The van der Waals surface area contributed by atoms with Gasteiger partial charge in [-0.15, -0.1) is 0 Å². The van der Waals surface area contributed by atoms with Crippen LogP contribution in [0.25, 0.3) is 0 Å². The molecule has 0 radical (unpaired) electrons. The molecular formula is C26H27ClIN3O2. The van der Waals surface area contributed by atoms with Crippen LogP contribution >= 0.6 is 34.2 Å². The van der Waals surface area contributed by atoms with Crippen molar-refractivity contribution in [2.24, 2.45) is 5.92 Å². The van der Waals surface area contributed by atoms with Crippen molar-refractivity contribution < 1.29 is 9.53 Å². The van der Waals surface area contributed by atoms with E-state index in [-0.39, 0.29) is 17.9 Å². The quantitative estimate of drug-likeness (QED) is 0.369. The number of ether oxygens (including phenoxy) is 1. The number of halogens is 2. The van der Waals surface area contributed by atoms with Crippen molar-refractivity contribution >= 4 is 40.1 Å². The molecule has 4 rings (SSSR count). The number of piperidine rings is 1. The zero-order valence-corrected chi connectivity index (χ0v) is 21.2. The van der Waals surface area contributed by atoms with Crippen molar-refractivity contribution in [1.29, 1.82) is 0 Å². The third kappa shape index (κ3) is 6.91. The standard InChI is InChI=1S/C26H27ClIN3O2/c27-21-8-6-19(7-9-21)25(24-11-10-22(28)18-29-24)30-26(32)20-12-14-31(15-13-20)16-17-33-23-4-2-1-3-5-23/h1-11,18,20,25H,12-17H2,(H,30,32). The molecule has 1 N–H and O–H groups in total. The summed E-state index contributed by atoms with van der Waals surface area (Å²) in [6.07, 6.45) is 3.50. The van der Waals surface area contributed by atoms with Crippen LogP contribution < -0.4 is 10.1 Å². The van der Waals surface area contributed by atoms with E-state index in [1.165, 1.54) is 0 Å². The number of para-hydroxylation sites is 1. The summed E-state index contributed by atoms with van der Waals surface area (Å²) in [4.78, 5) is 20.1. The highest BCUT2D eigenvalue weighted by Gasteiger charge is 2.28. The highest BCUT2D eigenvalue weighted by atomic mass is 127. The molecule has 2 aromatic carbocycles. The Labute approximate surface area is 213 Å². The van der Waals surface area contributed by atoms with Gasteiger partial charge in [-0.3, -0.25) is 14.7 Å². The summed E-state index contributed by atoms with van der Waals surface area (Å²) in [5.41, 5.74) is 1.79. The van der Waals surface area contributed by atoms with E-state index in [1.807, 2.05) is 72.9 Å². The number of amides is 1. The fourth-order valence-electron chi connectivity index (χ4n) is 4.03. The first-order valence-electron chi connectivity index (χ1n) is 11.2. The van der Waals surface area contributed by atoms with Crippen LogP contribution in [0.2, 0.25) is 5.02 Å². The molecule has 5 nitrogen and oxygen atoms in total. The Kier molecular flexibility index (Phi) is 8.58. The van der Waals surface area contributed by atoms with Gasteiger partial charge in [0.25, 0.3) is 0 Å². The molecule has 0 saturated carbocycles. The lowest BCUT2D eigenvalue weighted by molar-refractivity contribution is -0.127. The molecule has 1 fully saturated rings. The number of aromatic nitrogens is 1. The Bertz CT molecular complexity index is 978. The molecule has 3 aromatic rings. The van der Waals surface area contributed by atoms with Gasteiger partial charge in [-0.1, -0.05) is 41.9 Å². The van der Waals surface area contributed by atoms with Gasteiger partial charge in [0.05, 0.1) is 11.7 Å². The van der Waals surface area contributed by atoms with Crippen LogP contribution in [0, 0.1) is 9.49 Å². The number of likely N-dealkylation sites (tertiary alicyclic amines) is 1. The zero-order chi connectivity index (χ0) is 23.0. The minimum absolute atomic E-state index is 0.00468. The van der Waals surface area contributed by atoms with Gasteiger partial charge in [-0.25, -0.2) is 0 Å². The maximum absolute atomic E-state index is 13.2. The zero-order valence-electron chi connectivity index (χ0n) is 18.3. The maximum atomic E-state index is 13.2. The lowest BCUT2D eigenvalue weighted by atomic mass is 9.94. The molecule has 1 saturated heterocycles. The van der Waals surface area contributed by atoms with Gasteiger partial charge >= 0.3 is 0 Å². The summed E-state index contributed by atoms with van der Waals surface area (Å²) in [7, 11) is 0. The molecule has 1 amide bonds. The minimum Gasteiger partial charge on any atom is -0.492 e. The molecule has 0 aliphatic carbocycles. The predicted octanol–water partition coefficient (Wildman–Crippen LogP) is 5.34. The molecule has 1 atom stereocenters. The highest BCUT2D eigenvalue weighted by Crippen LogP contribution is 2.25. The molecule has 33 heavy (non-hydrogen) atoms. The number of nitrogens with zero attached hydrogens (tertiary/aromatic N) is 2. The molecule has 1 aliphatic heterocycles. The first-order chi connectivity index (χ1) is 16.1. The average molecular weight is 576 g/mol. The first kappa shape index (κ1) is 24.0. The SMILES string of the molecule is O=C(NC(c1ccc(Cl)cc1)c1ccc(I)cn1)C1CCN(CCOc2ccccc2)CC1. The molecule has 1 aliphatic rings. The molecule has 0 bridgehead atoms. The Morgan fingerprint density at radius 1 is 1.09 bits per heavy atom. The average Bonchev–Trinajstić information content (AvgIpc) is 2.85. The first-order valence-corrected chi connectivity index (χ1v) is 12.6. The summed E-state index contributed by atoms with van der Waals surface area (Å²) in [5.74, 6) is 0.967. The summed E-state index contributed by atoms with van der Waals surface area (Å²) in [5, 5.41) is 3.92. The smallest absolute Gasteiger partial charge is 0.224 e. The van der Waals surface area contributed by atoms with Crippen LogP contribution in [-0.4, -0.2) is 42.0 Å². The number of carbonyl (C=O) groups is 1. The van der Waals surface area contributed by atoms with Crippen molar-refractivity contribution in [2.45, 2.75) is 18.9 Å². The second-order valence-corrected chi connectivity index (χ2v) is 9.85. The molecule has 7 heteroatoms. The second kappa shape index (κ2) is 11.8. The Morgan fingerprint density at radius 2 is 1.82 bits per heavy atom. The van der Waals surface area contributed by atoms with Gasteiger partial charge < -0.3 is 10.1 Å². The number of hydrogen-bond acceptors (Lipinski definition) is 4. The number of rotatable bonds is 8. The third-order valence-corrected chi connectivity index (χ3v) is 6.80. The molecule has 0 spiro atoms. The minimum atomic E-state index is -0.302. The Balaban J connectivity index is 1.32. The van der Waals surface area contributed by atoms with Crippen molar-refractivity contribution in [1.82, 2.24) is 15.2 Å². The Hall–Kier alpha value is -2.16. The van der Waals surface area contributed by atoms with E-state index in [1.54, 1.807) is 0 Å². The second-order valence-electron chi connectivity index (χ2n) is 8.17. The summed E-state index contributed by atoms with van der Waals surface area (Å²) < 4.78 is 6.87. The van der Waals surface area contributed by atoms with Crippen LogP contribution in [0.1, 0.15) is 30.1 Å². The van der Waals surface area contributed by atoms with E-state index in [2.05, 4.69) is 37.8 Å². The lowest BCUT2D eigenvalue weighted by Crippen LogP contribution is -2.42. The van der Waals surface area contributed by atoms with Crippen LogP contribution in [-0.2, 0) is 4.79 Å². The normalized spacial score (nSPS) is 15.7. The van der Waals surface area contributed by atoms with E-state index in [4.69, 9.17) is 16.3 Å². The highest BCUT2D eigenvalue weighted by molar-refractivity contribution is 14.1. The van der Waals surface area contributed by atoms with Gasteiger partial charge in [-0.2, -0.15) is 0 Å². The number of nitrogens with one attached hydrogen (secondary N) is 1. The summed E-state index contributed by atoms with van der Waals surface area (Å²) in [6.45, 7) is 3.30. The fraction of sp³-hybridized carbons (Fsp3) is 0.308. The van der Waals surface area contributed by atoms with E-state index in [0.29, 0.717) is 11.6 Å². The van der Waals surface area contributed by atoms with E-state index in [9.17, 15) is 4.79 Å². The number of carbonyl (C=O) groups excluding carboxylic acids is 1. The molecule has 1 aromatic heterocycles. The van der Waals surface area contributed by atoms with Crippen molar-refractivity contribution in [2.75, 3.05) is 26.2 Å². The Morgan fingerprint density at radius 3 is 2.48 bits per heavy atom. The third-order valence-electron chi connectivity index (χ3n) is 5.91. The van der Waals surface area contributed by atoms with E-state index < -0.39 is 0 Å². The summed E-state index contributed by atoms with van der Waals surface area (Å²) in [6, 6.07) is 21.1. The summed E-state index contributed by atoms with van der Waals surface area (Å²) >= 11 is 8.31. The van der Waals surface area contributed by atoms with Crippen molar-refractivity contribution in [3.8, 4) is 5.75 Å². The van der Waals surface area contributed by atoms with E-state index in [0.717, 1.165) is 53.1 Å². The number of pyridine rings is 1. The van der Waals surface area contributed by atoms with Crippen LogP contribution in [0.3, 0.4) is 0 Å². The van der Waals surface area contributed by atoms with Gasteiger partial charge in [0.15, 0.2) is 0 Å². The maximum Gasteiger partial charge on any atom is 0.224 e. The monoisotopic (exact) mass is 575 g/mol. The predicted molar refractivity (Wildman–Crippen MR) is 139 cm³/mol. The van der Waals surface area contributed by atoms with Crippen LogP contribution in [0.5, 0.6) is 5.75 Å². The van der Waals surface area contributed by atoms with Crippen molar-refractivity contribution in [3.63, 3.8) is 0 Å². The van der Waals surface area contributed by atoms with Gasteiger partial charge in [-0.05, 0) is 90.5 Å². The number of hydrogen-bond donors (Lipinski definition) is 1. The van der Waals surface area contributed by atoms with Crippen LogP contribution in [0.4, 0.5) is 0 Å². The van der Waals surface area contributed by atoms with Gasteiger partial charge in [0.1, 0.15) is 12.4 Å². The van der Waals surface area contributed by atoms with Gasteiger partial charge in [0, 0.05) is 27.3 Å². The van der Waals surface area contributed by atoms with E-state index >= 15 is 0 Å². The fourth-order valence-corrected chi connectivity index (χ4v) is 4.47. The molecule has 172 valence electrons. The molecular weight excluding hydrogens is 549 g/mol. The van der Waals surface area contributed by atoms with Crippen molar-refractivity contribution in [3.05, 3.63) is 92.8 Å². The van der Waals surface area contributed by atoms with Crippen LogP contribution in [0.15, 0.2) is 72.9 Å². The topological polar surface area (TPSA) is 54.5 Å². The van der Waals surface area contributed by atoms with Gasteiger partial charge in [0.2, 0.25) is 5.91 Å². The number of benzene rings is 2.